The van der Waals surface area contributed by atoms with Crippen LogP contribution in [0.2, 0.25) is 0 Å². The number of carbonyl (C=O) groups excluding carboxylic acids is 2. The molecule has 5 atom stereocenters. The van der Waals surface area contributed by atoms with Crippen LogP contribution >= 0.6 is 12.4 Å². The van der Waals surface area contributed by atoms with E-state index in [9.17, 15) is 9.59 Å². The molecule has 32 heavy (non-hydrogen) atoms. The molecule has 5 nitrogen and oxygen atoms in total. The fraction of sp³-hybridized carbons (Fsp3) is 0.462. The lowest BCUT2D eigenvalue weighted by atomic mass is 9.70. The van der Waals surface area contributed by atoms with Gasteiger partial charge in [-0.05, 0) is 48.6 Å². The minimum absolute atomic E-state index is 0. The van der Waals surface area contributed by atoms with Gasteiger partial charge < -0.3 is 15.5 Å². The largest absolute Gasteiger partial charge is 0.340 e. The van der Waals surface area contributed by atoms with Crippen molar-refractivity contribution in [2.75, 3.05) is 13.1 Å². The molecular weight excluding hydrogens is 422 g/mol. The highest BCUT2D eigenvalue weighted by Gasteiger charge is 2.50. The summed E-state index contributed by atoms with van der Waals surface area (Å²) in [4.78, 5) is 30.5. The molecule has 0 spiro atoms. The average molecular weight is 454 g/mol. The molecule has 3 aliphatic rings. The topological polar surface area (TPSA) is 66.6 Å². The molecule has 2 aromatic rings. The first-order valence-electron chi connectivity index (χ1n) is 11.6. The Hall–Kier alpha value is -2.37. The van der Waals surface area contributed by atoms with Gasteiger partial charge in [-0.15, -0.1) is 12.4 Å². The number of benzene rings is 2. The normalized spacial score (nSPS) is 27.8. The molecule has 2 aromatic carbocycles. The summed E-state index contributed by atoms with van der Waals surface area (Å²) < 4.78 is 0. The summed E-state index contributed by atoms with van der Waals surface area (Å²) >= 11 is 0. The molecule has 3 aliphatic heterocycles. The van der Waals surface area contributed by atoms with Gasteiger partial charge in [0, 0.05) is 31.6 Å². The highest BCUT2D eigenvalue weighted by Crippen LogP contribution is 2.43. The monoisotopic (exact) mass is 453 g/mol. The van der Waals surface area contributed by atoms with Crippen molar-refractivity contribution in [2.24, 2.45) is 17.6 Å². The zero-order chi connectivity index (χ0) is 21.4. The maximum Gasteiger partial charge on any atom is 0.244 e. The summed E-state index contributed by atoms with van der Waals surface area (Å²) in [6, 6.07) is 19.9. The predicted octanol–water partition coefficient (Wildman–Crippen LogP) is 3.58. The van der Waals surface area contributed by atoms with Crippen LogP contribution < -0.4 is 5.73 Å². The van der Waals surface area contributed by atoms with Crippen LogP contribution in [0.5, 0.6) is 0 Å². The summed E-state index contributed by atoms with van der Waals surface area (Å²) in [5.74, 6) is 0.953. The molecule has 0 unspecified atom stereocenters. The van der Waals surface area contributed by atoms with Gasteiger partial charge in [-0.2, -0.15) is 0 Å². The minimum Gasteiger partial charge on any atom is -0.340 e. The summed E-state index contributed by atoms with van der Waals surface area (Å²) in [6.45, 7) is 1.40. The third-order valence-corrected chi connectivity index (χ3v) is 7.52. The number of amides is 2. The quantitative estimate of drug-likeness (QED) is 0.769. The molecule has 3 heterocycles. The van der Waals surface area contributed by atoms with Gasteiger partial charge >= 0.3 is 0 Å². The average Bonchev–Trinajstić information content (AvgIpc) is 2.82. The second-order valence-corrected chi connectivity index (χ2v) is 9.41. The zero-order valence-electron chi connectivity index (χ0n) is 18.3. The van der Waals surface area contributed by atoms with Crippen molar-refractivity contribution in [3.8, 4) is 0 Å². The number of piperidine rings is 3. The molecule has 170 valence electrons. The maximum atomic E-state index is 13.3. The Kier molecular flexibility index (Phi) is 6.87. The first kappa shape index (κ1) is 22.8. The van der Waals surface area contributed by atoms with Crippen LogP contribution in [0, 0.1) is 11.8 Å². The SMILES string of the molecule is Cl.N[C@@H](C(=O)N1C[C@H]2C[C@@H](C1)[C@H](Cc1ccccc1)N1C(=O)CCC[C@@H]21)c1ccccc1. The van der Waals surface area contributed by atoms with Crippen molar-refractivity contribution < 1.29 is 9.59 Å². The summed E-state index contributed by atoms with van der Waals surface area (Å²) in [5.41, 5.74) is 8.49. The van der Waals surface area contributed by atoms with E-state index in [2.05, 4.69) is 29.2 Å². The number of nitrogens with zero attached hydrogens (tertiary/aromatic N) is 2. The third-order valence-electron chi connectivity index (χ3n) is 7.52. The molecule has 0 radical (unpaired) electrons. The van der Waals surface area contributed by atoms with Crippen molar-refractivity contribution in [1.29, 1.82) is 0 Å². The van der Waals surface area contributed by atoms with Crippen LogP contribution in [-0.2, 0) is 16.0 Å². The second kappa shape index (κ2) is 9.63. The lowest BCUT2D eigenvalue weighted by molar-refractivity contribution is -0.156. The Balaban J connectivity index is 0.00000245. The molecule has 0 aromatic heterocycles. The highest BCUT2D eigenvalue weighted by molar-refractivity contribution is 5.85. The van der Waals surface area contributed by atoms with Crippen LogP contribution in [0.3, 0.4) is 0 Å². The van der Waals surface area contributed by atoms with Gasteiger partial charge in [0.1, 0.15) is 6.04 Å². The van der Waals surface area contributed by atoms with Crippen LogP contribution in [0.1, 0.15) is 42.9 Å². The highest BCUT2D eigenvalue weighted by atomic mass is 35.5. The second-order valence-electron chi connectivity index (χ2n) is 9.41. The number of hydrogen-bond donors (Lipinski definition) is 1. The number of fused-ring (bicyclic) bond motifs is 4. The lowest BCUT2D eigenvalue weighted by Gasteiger charge is -2.57. The van der Waals surface area contributed by atoms with Gasteiger partial charge in [0.2, 0.25) is 11.8 Å². The molecule has 2 amide bonds. The van der Waals surface area contributed by atoms with Gasteiger partial charge in [0.25, 0.3) is 0 Å². The number of likely N-dealkylation sites (tertiary alicyclic amines) is 1. The fourth-order valence-electron chi connectivity index (χ4n) is 6.07. The lowest BCUT2D eigenvalue weighted by Crippen LogP contribution is -2.66. The van der Waals surface area contributed by atoms with Gasteiger partial charge in [-0.25, -0.2) is 0 Å². The standard InChI is InChI=1S/C26H31N3O2.ClH/c27-25(19-10-5-2-6-11-19)26(31)28-16-20-15-21(17-28)23(14-18-8-3-1-4-9-18)29-22(20)12-7-13-24(29)30;/h1-6,8-11,20-23,25H,7,12-17,27H2;1H/t20-,21+,22+,23+,25-;/m1./s1. The first-order chi connectivity index (χ1) is 15.1. The molecule has 3 saturated heterocycles. The Morgan fingerprint density at radius 3 is 2.38 bits per heavy atom. The first-order valence-corrected chi connectivity index (χ1v) is 11.6. The van der Waals surface area contributed by atoms with Crippen LogP contribution in [0.4, 0.5) is 0 Å². The molecule has 3 fully saturated rings. The van der Waals surface area contributed by atoms with E-state index in [-0.39, 0.29) is 30.4 Å². The van der Waals surface area contributed by atoms with Gasteiger partial charge in [0.15, 0.2) is 0 Å². The van der Waals surface area contributed by atoms with E-state index in [4.69, 9.17) is 5.73 Å². The molecule has 6 heteroatoms. The molecular formula is C26H32ClN3O2. The number of carbonyl (C=O) groups is 2. The maximum absolute atomic E-state index is 13.3. The summed E-state index contributed by atoms with van der Waals surface area (Å²) in [6.07, 6.45) is 4.60. The molecule has 2 N–H and O–H groups in total. The number of nitrogens with two attached hydrogens (primary N) is 1. The molecule has 0 aliphatic carbocycles. The molecule has 0 saturated carbocycles. The van der Waals surface area contributed by atoms with Gasteiger partial charge in [-0.1, -0.05) is 60.7 Å². The van der Waals surface area contributed by atoms with Gasteiger partial charge in [-0.3, -0.25) is 9.59 Å². The van der Waals surface area contributed by atoms with E-state index in [1.807, 2.05) is 41.3 Å². The van der Waals surface area contributed by atoms with Crippen molar-refractivity contribution in [2.45, 2.75) is 50.2 Å². The zero-order valence-corrected chi connectivity index (χ0v) is 19.1. The van der Waals surface area contributed by atoms with Crippen molar-refractivity contribution in [3.05, 3.63) is 71.8 Å². The number of rotatable bonds is 4. The van der Waals surface area contributed by atoms with Gasteiger partial charge in [0.05, 0.1) is 0 Å². The third kappa shape index (κ3) is 4.28. The van der Waals surface area contributed by atoms with Crippen LogP contribution in [-0.4, -0.2) is 46.8 Å². The van der Waals surface area contributed by atoms with Crippen molar-refractivity contribution >= 4 is 24.2 Å². The summed E-state index contributed by atoms with van der Waals surface area (Å²) in [5, 5.41) is 0. The van der Waals surface area contributed by atoms with E-state index in [0.717, 1.165) is 31.2 Å². The Bertz CT molecular complexity index is 939. The summed E-state index contributed by atoms with van der Waals surface area (Å²) in [7, 11) is 0. The van der Waals surface area contributed by atoms with Crippen molar-refractivity contribution in [3.63, 3.8) is 0 Å². The smallest absolute Gasteiger partial charge is 0.244 e. The number of halogens is 1. The Morgan fingerprint density at radius 2 is 1.66 bits per heavy atom. The van der Waals surface area contributed by atoms with E-state index in [0.29, 0.717) is 37.3 Å². The minimum atomic E-state index is -0.628. The van der Waals surface area contributed by atoms with E-state index in [1.54, 1.807) is 0 Å². The van der Waals surface area contributed by atoms with Crippen LogP contribution in [0.15, 0.2) is 60.7 Å². The van der Waals surface area contributed by atoms with Crippen LogP contribution in [0.25, 0.3) is 0 Å². The number of hydrogen-bond acceptors (Lipinski definition) is 3. The van der Waals surface area contributed by atoms with E-state index in [1.165, 1.54) is 5.56 Å². The molecule has 5 rings (SSSR count). The van der Waals surface area contributed by atoms with Crippen molar-refractivity contribution in [1.82, 2.24) is 9.80 Å². The Labute approximate surface area is 196 Å². The van der Waals surface area contributed by atoms with E-state index < -0.39 is 6.04 Å². The Morgan fingerprint density at radius 1 is 1.00 bits per heavy atom. The molecule has 2 bridgehead atoms. The van der Waals surface area contributed by atoms with E-state index >= 15 is 0 Å². The predicted molar refractivity (Wildman–Crippen MR) is 127 cm³/mol. The fourth-order valence-corrected chi connectivity index (χ4v) is 6.07.